The van der Waals surface area contributed by atoms with E-state index < -0.39 is 0 Å². The van der Waals surface area contributed by atoms with E-state index in [1.807, 2.05) is 45.0 Å². The highest BCUT2D eigenvalue weighted by Crippen LogP contribution is 2.18. The average Bonchev–Trinajstić information content (AvgIpc) is 3.34. The molecule has 4 rings (SSSR count). The highest BCUT2D eigenvalue weighted by atomic mass is 16.1. The van der Waals surface area contributed by atoms with Gasteiger partial charge in [-0.05, 0) is 70.0 Å². The topological polar surface area (TPSA) is 63.4 Å². The van der Waals surface area contributed by atoms with Gasteiger partial charge in [-0.1, -0.05) is 36.4 Å². The van der Waals surface area contributed by atoms with Gasteiger partial charge >= 0.3 is 0 Å². The van der Waals surface area contributed by atoms with Crippen molar-refractivity contribution in [1.82, 2.24) is 19.4 Å². The molecule has 0 aliphatic carbocycles. The Morgan fingerprint density at radius 2 is 1.82 bits per heavy atom. The summed E-state index contributed by atoms with van der Waals surface area (Å²) in [6.07, 6.45) is 6.11. The summed E-state index contributed by atoms with van der Waals surface area (Å²) in [6, 6.07) is 14.0. The lowest BCUT2D eigenvalue weighted by atomic mass is 10.1. The maximum absolute atomic E-state index is 13.2. The minimum Gasteiger partial charge on any atom is -0.299 e. The first-order valence-electron chi connectivity index (χ1n) is 11.5. The lowest BCUT2D eigenvalue weighted by Crippen LogP contribution is -2.48. The van der Waals surface area contributed by atoms with Gasteiger partial charge < -0.3 is 0 Å². The number of nitrogens with zero attached hydrogens (tertiary/aromatic N) is 5. The summed E-state index contributed by atoms with van der Waals surface area (Å²) < 4.78 is 1.63. The second-order valence-electron chi connectivity index (χ2n) is 8.54. The number of aliphatic imine (C=N–C) groups is 1. The molecule has 0 spiro atoms. The number of hydrogen-bond donors (Lipinski definition) is 0. The summed E-state index contributed by atoms with van der Waals surface area (Å²) in [5.41, 5.74) is 3.78. The number of likely N-dealkylation sites (tertiary alicyclic amines) is 1. The smallest absolute Gasteiger partial charge is 0.261 e. The monoisotopic (exact) mass is 441 g/mol. The van der Waals surface area contributed by atoms with Crippen LogP contribution in [0.4, 0.5) is 5.82 Å². The van der Waals surface area contributed by atoms with Crippen molar-refractivity contribution in [1.29, 1.82) is 0 Å². The minimum atomic E-state index is -0.0661. The Kier molecular flexibility index (Phi) is 6.94. The lowest BCUT2D eigenvalue weighted by Gasteiger charge is -2.15. The van der Waals surface area contributed by atoms with Crippen LogP contribution in [0, 0.1) is 0 Å². The molecular formula is C27H31N5O. The molecule has 170 valence electrons. The zero-order chi connectivity index (χ0) is 23.4. The van der Waals surface area contributed by atoms with Crippen molar-refractivity contribution in [2.45, 2.75) is 40.2 Å². The Hall–Kier alpha value is -3.38. The highest BCUT2D eigenvalue weighted by Gasteiger charge is 2.13. The van der Waals surface area contributed by atoms with Crippen LogP contribution in [-0.2, 0) is 13.6 Å². The van der Waals surface area contributed by atoms with Crippen molar-refractivity contribution in [3.05, 3.63) is 75.1 Å². The molecule has 0 bridgehead atoms. The number of hydrogen-bond acceptors (Lipinski definition) is 5. The van der Waals surface area contributed by atoms with Crippen molar-refractivity contribution < 1.29 is 0 Å². The average molecular weight is 442 g/mol. The van der Waals surface area contributed by atoms with E-state index in [1.54, 1.807) is 17.8 Å². The quantitative estimate of drug-likeness (QED) is 0.571. The molecule has 1 aliphatic rings. The van der Waals surface area contributed by atoms with Gasteiger partial charge in [0.15, 0.2) is 5.82 Å². The molecule has 1 aliphatic heterocycles. The normalized spacial score (nSPS) is 16.4. The fourth-order valence-corrected chi connectivity index (χ4v) is 4.23. The Morgan fingerprint density at radius 1 is 1.09 bits per heavy atom. The van der Waals surface area contributed by atoms with E-state index in [9.17, 15) is 4.79 Å². The Labute approximate surface area is 194 Å². The van der Waals surface area contributed by atoms with Gasteiger partial charge in [0.2, 0.25) is 0 Å². The van der Waals surface area contributed by atoms with E-state index in [4.69, 9.17) is 4.98 Å². The van der Waals surface area contributed by atoms with Crippen molar-refractivity contribution in [2.75, 3.05) is 13.1 Å². The summed E-state index contributed by atoms with van der Waals surface area (Å²) in [4.78, 5) is 29.6. The summed E-state index contributed by atoms with van der Waals surface area (Å²) in [5, 5.41) is 1.24. The van der Waals surface area contributed by atoms with Gasteiger partial charge in [-0.25, -0.2) is 15.0 Å². The fourth-order valence-electron chi connectivity index (χ4n) is 4.23. The molecule has 0 radical (unpaired) electrons. The summed E-state index contributed by atoms with van der Waals surface area (Å²) in [6.45, 7) is 9.06. The van der Waals surface area contributed by atoms with Crippen LogP contribution < -0.4 is 16.1 Å². The SMILES string of the molecule is C/C=c1\c(=C(C)C(C)=Nc2ccccn2)nc(-c2ccc(CN3CCCC3)cc2)n(C)c1=O. The first kappa shape index (κ1) is 22.8. The van der Waals surface area contributed by atoms with Crippen LogP contribution in [0.2, 0.25) is 0 Å². The van der Waals surface area contributed by atoms with Crippen molar-refractivity contribution in [3.63, 3.8) is 0 Å². The predicted molar refractivity (Wildman–Crippen MR) is 135 cm³/mol. The van der Waals surface area contributed by atoms with E-state index >= 15 is 0 Å². The first-order chi connectivity index (χ1) is 16.0. The van der Waals surface area contributed by atoms with E-state index in [0.29, 0.717) is 22.2 Å². The number of pyridine rings is 1. The molecule has 0 unspecified atom stereocenters. The van der Waals surface area contributed by atoms with E-state index in [-0.39, 0.29) is 5.56 Å². The van der Waals surface area contributed by atoms with Gasteiger partial charge in [0.25, 0.3) is 5.56 Å². The molecule has 1 saturated heterocycles. The van der Waals surface area contributed by atoms with Gasteiger partial charge in [0, 0.05) is 31.1 Å². The van der Waals surface area contributed by atoms with Gasteiger partial charge in [-0.15, -0.1) is 0 Å². The van der Waals surface area contributed by atoms with Gasteiger partial charge in [0.1, 0.15) is 5.82 Å². The maximum Gasteiger partial charge on any atom is 0.261 e. The zero-order valence-electron chi connectivity index (χ0n) is 19.9. The molecular weight excluding hydrogens is 410 g/mol. The van der Waals surface area contributed by atoms with Crippen molar-refractivity contribution in [2.24, 2.45) is 12.0 Å². The van der Waals surface area contributed by atoms with E-state index in [0.717, 1.165) is 23.4 Å². The second kappa shape index (κ2) is 10.0. The van der Waals surface area contributed by atoms with Crippen LogP contribution in [0.3, 0.4) is 0 Å². The van der Waals surface area contributed by atoms with Crippen LogP contribution in [0.15, 0.2) is 58.4 Å². The lowest BCUT2D eigenvalue weighted by molar-refractivity contribution is 0.331. The number of aromatic nitrogens is 3. The van der Waals surface area contributed by atoms with Crippen LogP contribution in [0.1, 0.15) is 39.2 Å². The standard InChI is InChI=1S/C27H31N5O/c1-5-23-25(19(2)20(3)29-24-10-6-7-15-28-24)30-26(31(4)27(23)33)22-13-11-21(12-14-22)18-32-16-8-9-17-32/h5-7,10-15H,8-9,16-18H2,1-4H3/b23-5+,25-19?,29-20?. The molecule has 6 heteroatoms. The third-order valence-electron chi connectivity index (χ3n) is 6.26. The van der Waals surface area contributed by atoms with Gasteiger partial charge in [-0.3, -0.25) is 14.3 Å². The molecule has 6 nitrogen and oxygen atoms in total. The molecule has 33 heavy (non-hydrogen) atoms. The summed E-state index contributed by atoms with van der Waals surface area (Å²) >= 11 is 0. The largest absolute Gasteiger partial charge is 0.299 e. The number of benzene rings is 1. The first-order valence-corrected chi connectivity index (χ1v) is 11.5. The summed E-state index contributed by atoms with van der Waals surface area (Å²) in [5.74, 6) is 1.28. The fraction of sp³-hybridized carbons (Fsp3) is 0.333. The molecule has 0 N–H and O–H groups in total. The van der Waals surface area contributed by atoms with Crippen molar-refractivity contribution in [3.8, 4) is 11.4 Å². The third kappa shape index (κ3) is 5.01. The second-order valence-corrected chi connectivity index (χ2v) is 8.54. The molecule has 2 aromatic heterocycles. The van der Waals surface area contributed by atoms with Gasteiger partial charge in [0.05, 0.1) is 10.6 Å². The molecule has 3 heterocycles. The molecule has 1 aromatic carbocycles. The Morgan fingerprint density at radius 3 is 2.45 bits per heavy atom. The Balaban J connectivity index is 1.79. The molecule has 1 fully saturated rings. The van der Waals surface area contributed by atoms with E-state index in [2.05, 4.69) is 39.1 Å². The molecule has 0 amide bonds. The van der Waals surface area contributed by atoms with Crippen LogP contribution in [0.5, 0.6) is 0 Å². The van der Waals surface area contributed by atoms with Crippen LogP contribution in [-0.4, -0.2) is 38.2 Å². The van der Waals surface area contributed by atoms with Crippen molar-refractivity contribution >= 4 is 23.2 Å². The predicted octanol–water partition coefficient (Wildman–Crippen LogP) is 3.20. The molecule has 0 saturated carbocycles. The number of rotatable bonds is 5. The highest BCUT2D eigenvalue weighted by molar-refractivity contribution is 6.16. The minimum absolute atomic E-state index is 0.0661. The molecule has 0 atom stereocenters. The van der Waals surface area contributed by atoms with E-state index in [1.165, 1.54) is 31.5 Å². The van der Waals surface area contributed by atoms with Crippen LogP contribution in [0.25, 0.3) is 23.0 Å². The summed E-state index contributed by atoms with van der Waals surface area (Å²) in [7, 11) is 1.78. The Bertz CT molecular complexity index is 1330. The van der Waals surface area contributed by atoms with Gasteiger partial charge in [-0.2, -0.15) is 0 Å². The zero-order valence-corrected chi connectivity index (χ0v) is 19.9. The third-order valence-corrected chi connectivity index (χ3v) is 6.26. The maximum atomic E-state index is 13.2. The van der Waals surface area contributed by atoms with Crippen LogP contribution >= 0.6 is 0 Å². The molecule has 3 aromatic rings.